The number of hydrogen-bond acceptors (Lipinski definition) is 4. The van der Waals surface area contributed by atoms with E-state index in [4.69, 9.17) is 0 Å². The largest absolute Gasteiger partial charge is 0.284 e. The number of amides is 1. The first-order valence-electron chi connectivity index (χ1n) is 6.63. The van der Waals surface area contributed by atoms with Crippen LogP contribution in [0, 0.1) is 0 Å². The number of halogens is 1. The summed E-state index contributed by atoms with van der Waals surface area (Å²) in [7, 11) is 0. The summed E-state index contributed by atoms with van der Waals surface area (Å²) in [6.45, 7) is 2.27. The fourth-order valence-corrected chi connectivity index (χ4v) is 4.16. The van der Waals surface area contributed by atoms with Crippen LogP contribution in [0.5, 0.6) is 0 Å². The summed E-state index contributed by atoms with van der Waals surface area (Å²) in [5.74, 6) is -0.271. The maximum Gasteiger partial charge on any atom is 0.262 e. The Balaban J connectivity index is 1.94. The molecule has 1 aromatic heterocycles. The summed E-state index contributed by atoms with van der Waals surface area (Å²) in [4.78, 5) is 14.9. The summed E-state index contributed by atoms with van der Waals surface area (Å²) in [6, 6.07) is 12.0. The van der Waals surface area contributed by atoms with Crippen LogP contribution in [0.15, 0.2) is 46.3 Å². The van der Waals surface area contributed by atoms with Gasteiger partial charge in [0.25, 0.3) is 5.91 Å². The van der Waals surface area contributed by atoms with Crippen LogP contribution >= 0.6 is 27.3 Å². The van der Waals surface area contributed by atoms with Crippen LogP contribution in [-0.2, 0) is 4.79 Å². The summed E-state index contributed by atoms with van der Waals surface area (Å²) >= 11 is 4.95. The standard InChI is InChI=1S/C15H15BrN2O2S/c1-10(11-5-3-2-4-6-11)17-8-14(19)18(20)15(17)13-7-12(16)9-21-13/h2-7,9-10,15,20H,8H2,1H3. The Kier molecular flexibility index (Phi) is 4.12. The van der Waals surface area contributed by atoms with Gasteiger partial charge in [-0.05, 0) is 34.5 Å². The molecule has 1 aliphatic heterocycles. The van der Waals surface area contributed by atoms with Crippen LogP contribution in [0.3, 0.4) is 0 Å². The zero-order valence-corrected chi connectivity index (χ0v) is 13.8. The molecular weight excluding hydrogens is 352 g/mol. The van der Waals surface area contributed by atoms with E-state index in [1.54, 1.807) is 0 Å². The molecule has 1 aliphatic rings. The van der Waals surface area contributed by atoms with Gasteiger partial charge in [-0.15, -0.1) is 11.3 Å². The van der Waals surface area contributed by atoms with Crippen molar-refractivity contribution in [2.24, 2.45) is 0 Å². The van der Waals surface area contributed by atoms with Crippen molar-refractivity contribution in [2.75, 3.05) is 6.54 Å². The third kappa shape index (κ3) is 2.76. The maximum absolute atomic E-state index is 11.9. The normalized spacial score (nSPS) is 21.0. The van der Waals surface area contributed by atoms with Crippen LogP contribution in [0.4, 0.5) is 0 Å². The molecule has 0 bridgehead atoms. The van der Waals surface area contributed by atoms with Gasteiger partial charge in [0.2, 0.25) is 0 Å². The van der Waals surface area contributed by atoms with E-state index >= 15 is 0 Å². The molecule has 4 nitrogen and oxygen atoms in total. The lowest BCUT2D eigenvalue weighted by Crippen LogP contribution is -2.31. The fraction of sp³-hybridized carbons (Fsp3) is 0.267. The summed E-state index contributed by atoms with van der Waals surface area (Å²) in [5, 5.41) is 12.9. The molecule has 110 valence electrons. The van der Waals surface area contributed by atoms with Crippen LogP contribution < -0.4 is 0 Å². The van der Waals surface area contributed by atoms with Crippen molar-refractivity contribution < 1.29 is 10.0 Å². The summed E-state index contributed by atoms with van der Waals surface area (Å²) < 4.78 is 0.961. The Bertz CT molecular complexity index is 646. The van der Waals surface area contributed by atoms with Crippen LogP contribution in [0.2, 0.25) is 0 Å². The molecule has 3 rings (SSSR count). The van der Waals surface area contributed by atoms with E-state index in [1.807, 2.05) is 46.7 Å². The minimum absolute atomic E-state index is 0.0400. The van der Waals surface area contributed by atoms with Gasteiger partial charge in [0.05, 0.1) is 6.54 Å². The van der Waals surface area contributed by atoms with Gasteiger partial charge in [0, 0.05) is 20.8 Å². The van der Waals surface area contributed by atoms with Crippen molar-refractivity contribution in [1.82, 2.24) is 9.96 Å². The molecule has 0 spiro atoms. The molecule has 0 saturated carbocycles. The number of benzene rings is 1. The molecule has 1 amide bonds. The van der Waals surface area contributed by atoms with Crippen LogP contribution in [0.1, 0.15) is 29.6 Å². The van der Waals surface area contributed by atoms with E-state index in [1.165, 1.54) is 11.3 Å². The first kappa shape index (κ1) is 14.7. The molecule has 2 atom stereocenters. The van der Waals surface area contributed by atoms with Crippen LogP contribution in [-0.4, -0.2) is 27.6 Å². The van der Waals surface area contributed by atoms with Crippen molar-refractivity contribution in [3.05, 3.63) is 56.7 Å². The third-order valence-electron chi connectivity index (χ3n) is 3.74. The minimum atomic E-state index is -0.427. The molecule has 2 heterocycles. The monoisotopic (exact) mass is 366 g/mol. The van der Waals surface area contributed by atoms with Gasteiger partial charge in [-0.3, -0.25) is 14.9 Å². The Morgan fingerprint density at radius 3 is 2.71 bits per heavy atom. The molecule has 1 N–H and O–H groups in total. The highest BCUT2D eigenvalue weighted by Gasteiger charge is 2.41. The highest BCUT2D eigenvalue weighted by Crippen LogP contribution is 2.39. The number of carbonyl (C=O) groups excluding carboxylic acids is 1. The van der Waals surface area contributed by atoms with Crippen molar-refractivity contribution >= 4 is 33.2 Å². The molecule has 2 aromatic rings. The maximum atomic E-state index is 11.9. The Labute approximate surface area is 135 Å². The van der Waals surface area contributed by atoms with Crippen molar-refractivity contribution in [3.8, 4) is 0 Å². The average Bonchev–Trinajstić information content (AvgIpc) is 3.04. The van der Waals surface area contributed by atoms with E-state index in [9.17, 15) is 10.0 Å². The highest BCUT2D eigenvalue weighted by atomic mass is 79.9. The van der Waals surface area contributed by atoms with Gasteiger partial charge < -0.3 is 0 Å². The first-order valence-corrected chi connectivity index (χ1v) is 8.30. The lowest BCUT2D eigenvalue weighted by molar-refractivity contribution is -0.170. The predicted molar refractivity (Wildman–Crippen MR) is 85.0 cm³/mol. The van der Waals surface area contributed by atoms with E-state index in [0.717, 1.165) is 20.0 Å². The van der Waals surface area contributed by atoms with Gasteiger partial charge >= 0.3 is 0 Å². The summed E-state index contributed by atoms with van der Waals surface area (Å²) in [6.07, 6.45) is -0.427. The third-order valence-corrected chi connectivity index (χ3v) is 5.47. The number of carbonyl (C=O) groups is 1. The quantitative estimate of drug-likeness (QED) is 0.840. The molecule has 2 unspecified atom stereocenters. The second kappa shape index (κ2) is 5.88. The fourth-order valence-electron chi connectivity index (χ4n) is 2.61. The van der Waals surface area contributed by atoms with Crippen molar-refractivity contribution in [1.29, 1.82) is 0 Å². The second-order valence-electron chi connectivity index (χ2n) is 5.04. The Morgan fingerprint density at radius 2 is 2.10 bits per heavy atom. The van der Waals surface area contributed by atoms with Crippen LogP contribution in [0.25, 0.3) is 0 Å². The average molecular weight is 367 g/mol. The van der Waals surface area contributed by atoms with E-state index in [0.29, 0.717) is 0 Å². The number of hydroxylamine groups is 2. The Morgan fingerprint density at radius 1 is 1.38 bits per heavy atom. The number of hydrogen-bond donors (Lipinski definition) is 1. The zero-order valence-electron chi connectivity index (χ0n) is 11.4. The lowest BCUT2D eigenvalue weighted by Gasteiger charge is -2.30. The zero-order chi connectivity index (χ0) is 15.0. The minimum Gasteiger partial charge on any atom is -0.284 e. The van der Waals surface area contributed by atoms with Crippen molar-refractivity contribution in [2.45, 2.75) is 19.1 Å². The molecule has 0 aliphatic carbocycles. The Hall–Kier alpha value is -1.21. The predicted octanol–water partition coefficient (Wildman–Crippen LogP) is 3.80. The van der Waals surface area contributed by atoms with Crippen molar-refractivity contribution in [3.63, 3.8) is 0 Å². The van der Waals surface area contributed by atoms with E-state index in [-0.39, 0.29) is 18.5 Å². The molecule has 21 heavy (non-hydrogen) atoms. The van der Waals surface area contributed by atoms with Gasteiger partial charge in [-0.25, -0.2) is 0 Å². The molecule has 1 fully saturated rings. The van der Waals surface area contributed by atoms with Gasteiger partial charge in [-0.1, -0.05) is 30.3 Å². The van der Waals surface area contributed by atoms with E-state index < -0.39 is 6.17 Å². The smallest absolute Gasteiger partial charge is 0.262 e. The van der Waals surface area contributed by atoms with Gasteiger partial charge in [-0.2, -0.15) is 5.06 Å². The van der Waals surface area contributed by atoms with Gasteiger partial charge in [0.15, 0.2) is 0 Å². The molecule has 1 aromatic carbocycles. The number of nitrogens with zero attached hydrogens (tertiary/aromatic N) is 2. The SMILES string of the molecule is CC(c1ccccc1)N1CC(=O)N(O)C1c1cc(Br)cs1. The molecular formula is C15H15BrN2O2S. The highest BCUT2D eigenvalue weighted by molar-refractivity contribution is 9.10. The molecule has 1 saturated heterocycles. The van der Waals surface area contributed by atoms with Gasteiger partial charge in [0.1, 0.15) is 6.17 Å². The van der Waals surface area contributed by atoms with E-state index in [2.05, 4.69) is 22.9 Å². The molecule has 0 radical (unpaired) electrons. The second-order valence-corrected chi connectivity index (χ2v) is 6.90. The number of thiophene rings is 1. The molecule has 6 heteroatoms. The first-order chi connectivity index (χ1) is 10.1. The topological polar surface area (TPSA) is 43.8 Å². The lowest BCUT2D eigenvalue weighted by atomic mass is 10.1. The number of rotatable bonds is 3. The summed E-state index contributed by atoms with van der Waals surface area (Å²) in [5.41, 5.74) is 1.13.